The van der Waals surface area contributed by atoms with Crippen LogP contribution in [0.1, 0.15) is 32.0 Å². The van der Waals surface area contributed by atoms with Crippen molar-refractivity contribution in [3.63, 3.8) is 0 Å². The number of esters is 1. The Hall–Kier alpha value is -3.01. The van der Waals surface area contributed by atoms with E-state index in [2.05, 4.69) is 0 Å². The molecule has 0 aliphatic carbocycles. The molecular weight excluding hydrogens is 391 g/mol. The zero-order chi connectivity index (χ0) is 19.6. The minimum atomic E-state index is -0.820. The molecule has 27 heavy (non-hydrogen) atoms. The van der Waals surface area contributed by atoms with Gasteiger partial charge in [0.05, 0.1) is 10.0 Å². The van der Waals surface area contributed by atoms with Gasteiger partial charge >= 0.3 is 5.97 Å². The first-order chi connectivity index (χ1) is 12.9. The second kappa shape index (κ2) is 7.70. The normalized spacial score (nSPS) is 10.4. The van der Waals surface area contributed by atoms with Crippen molar-refractivity contribution in [2.75, 3.05) is 6.61 Å². The molecule has 0 fully saturated rings. The summed E-state index contributed by atoms with van der Waals surface area (Å²) in [5.41, 5.74) is 0.286. The summed E-state index contributed by atoms with van der Waals surface area (Å²) in [6.45, 7) is 1.04. The lowest BCUT2D eigenvalue weighted by Crippen LogP contribution is -2.15. The summed E-state index contributed by atoms with van der Waals surface area (Å²) in [7, 11) is 0. The first-order valence-corrected chi connectivity index (χ1v) is 8.50. The molecule has 0 aliphatic heterocycles. The SMILES string of the molecule is Cc1oc(-n2cccc2)c(C#N)c1C(=O)OCC(=O)c1ccc(Cl)c(Cl)c1. The van der Waals surface area contributed by atoms with E-state index in [0.717, 1.165) is 0 Å². The van der Waals surface area contributed by atoms with Crippen molar-refractivity contribution >= 4 is 35.0 Å². The number of rotatable bonds is 5. The second-order valence-electron chi connectivity index (χ2n) is 5.54. The standard InChI is InChI=1S/C19H12Cl2N2O4/c1-11-17(13(9-22)18(27-11)23-6-2-3-7-23)19(25)26-10-16(24)12-4-5-14(20)15(21)8-12/h2-8H,10H2,1H3. The molecule has 0 radical (unpaired) electrons. The van der Waals surface area contributed by atoms with E-state index in [4.69, 9.17) is 32.4 Å². The van der Waals surface area contributed by atoms with Crippen LogP contribution in [0.2, 0.25) is 10.0 Å². The molecule has 2 heterocycles. The van der Waals surface area contributed by atoms with E-state index in [1.165, 1.54) is 18.2 Å². The predicted octanol–water partition coefficient (Wildman–Crippen LogP) is 4.60. The van der Waals surface area contributed by atoms with Gasteiger partial charge in [0.2, 0.25) is 5.88 Å². The number of halogens is 2. The molecule has 0 saturated heterocycles. The fraction of sp³-hybridized carbons (Fsp3) is 0.105. The third kappa shape index (κ3) is 3.75. The van der Waals surface area contributed by atoms with Gasteiger partial charge < -0.3 is 9.15 Å². The molecule has 2 aromatic heterocycles. The number of benzene rings is 1. The number of nitrogens with zero attached hydrogens (tertiary/aromatic N) is 2. The quantitative estimate of drug-likeness (QED) is 0.459. The molecule has 0 unspecified atom stereocenters. The number of Topliss-reactive ketones (excluding diaryl/α,β-unsaturated/α-hetero) is 1. The van der Waals surface area contributed by atoms with Crippen LogP contribution >= 0.6 is 23.2 Å². The van der Waals surface area contributed by atoms with Crippen LogP contribution in [-0.2, 0) is 4.74 Å². The molecule has 0 atom stereocenters. The maximum absolute atomic E-state index is 12.4. The summed E-state index contributed by atoms with van der Waals surface area (Å²) >= 11 is 11.7. The van der Waals surface area contributed by atoms with E-state index in [1.807, 2.05) is 6.07 Å². The maximum Gasteiger partial charge on any atom is 0.343 e. The highest BCUT2D eigenvalue weighted by atomic mass is 35.5. The van der Waals surface area contributed by atoms with Gasteiger partial charge in [0.25, 0.3) is 0 Å². The van der Waals surface area contributed by atoms with Crippen LogP contribution in [0.5, 0.6) is 0 Å². The predicted molar refractivity (Wildman–Crippen MR) is 98.6 cm³/mol. The molecule has 6 nitrogen and oxygen atoms in total. The summed E-state index contributed by atoms with van der Waals surface area (Å²) < 4.78 is 12.2. The van der Waals surface area contributed by atoms with Gasteiger partial charge in [-0.3, -0.25) is 9.36 Å². The third-order valence-corrected chi connectivity index (χ3v) is 4.54. The Morgan fingerprint density at radius 1 is 1.22 bits per heavy atom. The molecular formula is C19H12Cl2N2O4. The van der Waals surface area contributed by atoms with Gasteiger partial charge in [-0.1, -0.05) is 23.2 Å². The summed E-state index contributed by atoms with van der Waals surface area (Å²) in [6.07, 6.45) is 3.37. The van der Waals surface area contributed by atoms with Gasteiger partial charge in [-0.2, -0.15) is 5.26 Å². The number of carbonyl (C=O) groups is 2. The Morgan fingerprint density at radius 3 is 2.56 bits per heavy atom. The zero-order valence-corrected chi connectivity index (χ0v) is 15.5. The topological polar surface area (TPSA) is 85.2 Å². The lowest BCUT2D eigenvalue weighted by molar-refractivity contribution is 0.0472. The van der Waals surface area contributed by atoms with Crippen molar-refractivity contribution in [1.82, 2.24) is 4.57 Å². The van der Waals surface area contributed by atoms with E-state index in [-0.39, 0.29) is 33.4 Å². The Bertz CT molecular complexity index is 1060. The maximum atomic E-state index is 12.4. The van der Waals surface area contributed by atoms with Crippen LogP contribution in [0.25, 0.3) is 5.88 Å². The molecule has 3 rings (SSSR count). The number of carbonyl (C=O) groups excluding carboxylic acids is 2. The summed E-state index contributed by atoms with van der Waals surface area (Å²) in [5.74, 6) is -0.836. The number of hydrogen-bond donors (Lipinski definition) is 0. The number of aromatic nitrogens is 1. The molecule has 3 aromatic rings. The zero-order valence-electron chi connectivity index (χ0n) is 14.0. The van der Waals surface area contributed by atoms with Gasteiger partial charge in [0.1, 0.15) is 23.0 Å². The van der Waals surface area contributed by atoms with E-state index >= 15 is 0 Å². The molecule has 0 amide bonds. The Balaban J connectivity index is 1.79. The van der Waals surface area contributed by atoms with Gasteiger partial charge in [-0.15, -0.1) is 0 Å². The van der Waals surface area contributed by atoms with Crippen LogP contribution in [0.15, 0.2) is 47.1 Å². The average molecular weight is 403 g/mol. The summed E-state index contributed by atoms with van der Waals surface area (Å²) in [4.78, 5) is 24.6. The van der Waals surface area contributed by atoms with E-state index in [9.17, 15) is 14.9 Å². The number of hydrogen-bond acceptors (Lipinski definition) is 5. The number of ketones is 1. The molecule has 8 heteroatoms. The Labute approximate surface area is 164 Å². The Kier molecular flexibility index (Phi) is 5.36. The van der Waals surface area contributed by atoms with Crippen molar-refractivity contribution < 1.29 is 18.7 Å². The molecule has 0 bridgehead atoms. The number of ether oxygens (including phenoxy) is 1. The summed E-state index contributed by atoms with van der Waals surface area (Å²) in [5, 5.41) is 9.99. The number of aryl methyl sites for hydroxylation is 1. The van der Waals surface area contributed by atoms with Crippen molar-refractivity contribution in [3.05, 3.63) is 75.2 Å². The van der Waals surface area contributed by atoms with Crippen LogP contribution in [0.4, 0.5) is 0 Å². The van der Waals surface area contributed by atoms with Crippen molar-refractivity contribution in [2.45, 2.75) is 6.92 Å². The van der Waals surface area contributed by atoms with E-state index in [1.54, 1.807) is 36.0 Å². The molecule has 1 aromatic carbocycles. The summed E-state index contributed by atoms with van der Waals surface area (Å²) in [6, 6.07) is 9.83. The first-order valence-electron chi connectivity index (χ1n) is 7.74. The lowest BCUT2D eigenvalue weighted by atomic mass is 10.1. The van der Waals surface area contributed by atoms with Crippen LogP contribution in [-0.4, -0.2) is 22.9 Å². The smallest absolute Gasteiger partial charge is 0.343 e. The van der Waals surface area contributed by atoms with Crippen LogP contribution in [0, 0.1) is 18.3 Å². The first kappa shape index (κ1) is 18.8. The van der Waals surface area contributed by atoms with E-state index in [0.29, 0.717) is 5.02 Å². The van der Waals surface area contributed by atoms with Gasteiger partial charge in [0, 0.05) is 18.0 Å². The molecule has 0 aliphatic rings. The third-order valence-electron chi connectivity index (χ3n) is 3.80. The number of furan rings is 1. The van der Waals surface area contributed by atoms with Crippen LogP contribution < -0.4 is 0 Å². The van der Waals surface area contributed by atoms with Crippen molar-refractivity contribution in [2.24, 2.45) is 0 Å². The fourth-order valence-electron chi connectivity index (χ4n) is 2.49. The molecule has 136 valence electrons. The monoisotopic (exact) mass is 402 g/mol. The molecule has 0 N–H and O–H groups in total. The minimum absolute atomic E-state index is 0.0110. The van der Waals surface area contributed by atoms with Gasteiger partial charge in [0.15, 0.2) is 12.4 Å². The lowest BCUT2D eigenvalue weighted by Gasteiger charge is -2.05. The van der Waals surface area contributed by atoms with E-state index < -0.39 is 18.4 Å². The molecule has 0 saturated carbocycles. The van der Waals surface area contributed by atoms with Gasteiger partial charge in [-0.25, -0.2) is 4.79 Å². The van der Waals surface area contributed by atoms with Gasteiger partial charge in [-0.05, 0) is 37.3 Å². The average Bonchev–Trinajstić information content (AvgIpc) is 3.28. The largest absolute Gasteiger partial charge is 0.454 e. The van der Waals surface area contributed by atoms with Crippen LogP contribution in [0.3, 0.4) is 0 Å². The Morgan fingerprint density at radius 2 is 1.93 bits per heavy atom. The minimum Gasteiger partial charge on any atom is -0.454 e. The van der Waals surface area contributed by atoms with Crippen molar-refractivity contribution in [1.29, 1.82) is 5.26 Å². The highest BCUT2D eigenvalue weighted by molar-refractivity contribution is 6.42. The highest BCUT2D eigenvalue weighted by Gasteiger charge is 2.26. The number of nitriles is 1. The highest BCUT2D eigenvalue weighted by Crippen LogP contribution is 2.26. The second-order valence-corrected chi connectivity index (χ2v) is 6.36. The fourth-order valence-corrected chi connectivity index (χ4v) is 2.79. The van der Waals surface area contributed by atoms with Crippen molar-refractivity contribution in [3.8, 4) is 12.0 Å². The molecule has 0 spiro atoms.